The minimum Gasteiger partial charge on any atom is -0.493 e. The average molecular weight is 556 g/mol. The maximum absolute atomic E-state index is 14.7. The van der Waals surface area contributed by atoms with Gasteiger partial charge in [-0.05, 0) is 32.9 Å². The highest BCUT2D eigenvalue weighted by molar-refractivity contribution is 5.89. The Morgan fingerprint density at radius 2 is 1.90 bits per heavy atom. The number of halogens is 5. The van der Waals surface area contributed by atoms with Gasteiger partial charge in [0.15, 0.2) is 22.6 Å². The summed E-state index contributed by atoms with van der Waals surface area (Å²) in [5, 5.41) is 10.4. The Bertz CT molecular complexity index is 1450. The molecule has 39 heavy (non-hydrogen) atoms. The van der Waals surface area contributed by atoms with E-state index in [0.29, 0.717) is 0 Å². The monoisotopic (exact) mass is 555 g/mol. The van der Waals surface area contributed by atoms with Gasteiger partial charge >= 0.3 is 6.18 Å². The van der Waals surface area contributed by atoms with Crippen LogP contribution in [0.3, 0.4) is 0 Å². The first kappa shape index (κ1) is 28.8. The van der Waals surface area contributed by atoms with Crippen molar-refractivity contribution < 1.29 is 36.5 Å². The van der Waals surface area contributed by atoms with Crippen LogP contribution in [0, 0.1) is 17.6 Å². The summed E-state index contributed by atoms with van der Waals surface area (Å²) in [6.07, 6.45) is -4.79. The van der Waals surface area contributed by atoms with Gasteiger partial charge in [-0.25, -0.2) is 9.37 Å². The van der Waals surface area contributed by atoms with Crippen molar-refractivity contribution in [1.29, 1.82) is 0 Å². The normalized spacial score (nSPS) is 23.8. The number of aromatic amines is 1. The quantitative estimate of drug-likeness (QED) is 0.405. The van der Waals surface area contributed by atoms with Crippen LogP contribution in [-0.2, 0) is 4.74 Å². The number of nitrogens with zero attached hydrogens (tertiary/aromatic N) is 2. The molecule has 0 aliphatic carbocycles. The summed E-state index contributed by atoms with van der Waals surface area (Å²) in [6, 6.07) is 4.61. The molecule has 2 aromatic heterocycles. The van der Waals surface area contributed by atoms with Crippen molar-refractivity contribution in [1.82, 2.24) is 9.97 Å². The van der Waals surface area contributed by atoms with Crippen molar-refractivity contribution in [3.8, 4) is 5.75 Å². The number of fused-ring (bicyclic) bond motifs is 1. The largest absolute Gasteiger partial charge is 0.493 e. The van der Waals surface area contributed by atoms with Crippen molar-refractivity contribution >= 4 is 16.7 Å². The van der Waals surface area contributed by atoms with Crippen LogP contribution in [-0.4, -0.2) is 53.2 Å². The molecule has 4 atom stereocenters. The highest BCUT2D eigenvalue weighted by Gasteiger charge is 2.65. The molecule has 7 nitrogen and oxygen atoms in total. The summed E-state index contributed by atoms with van der Waals surface area (Å²) in [7, 11) is 2.74. The van der Waals surface area contributed by atoms with Gasteiger partial charge in [0.1, 0.15) is 11.9 Å². The Balaban J connectivity index is 1.92. The summed E-state index contributed by atoms with van der Waals surface area (Å²) in [6.45, 7) is 5.54. The van der Waals surface area contributed by atoms with Gasteiger partial charge in [-0.2, -0.15) is 17.6 Å². The molecule has 212 valence electrons. The fraction of sp³-hybridized carbons (Fsp3) is 0.481. The molecular weight excluding hydrogens is 525 g/mol. The molecule has 1 fully saturated rings. The maximum atomic E-state index is 14.7. The number of benzene rings is 1. The molecule has 0 unspecified atom stereocenters. The van der Waals surface area contributed by atoms with E-state index in [9.17, 15) is 31.9 Å². The lowest BCUT2D eigenvalue weighted by Crippen LogP contribution is -2.46. The standard InChI is InChI=1S/C27H30F5N3O4/c1-13-19(14-7-8-15(28)21(29)22(14)38-6)23(39-26(13,4)27(30,31)32)17-11-18(36)20-16(34-17)9-10-33-24(20)35(5)12-25(2,3)37/h7-11,13,19,23,37H,12H2,1-6H3,(H,34,36)/t13-,19-,23-,26+/m0/s1. The number of aliphatic hydroxyl groups is 1. The van der Waals surface area contributed by atoms with Crippen molar-refractivity contribution in [3.05, 3.63) is 63.6 Å². The van der Waals surface area contributed by atoms with Crippen LogP contribution in [0.4, 0.5) is 27.8 Å². The summed E-state index contributed by atoms with van der Waals surface area (Å²) < 4.78 is 82.3. The number of methoxy groups -OCH3 is 1. The van der Waals surface area contributed by atoms with Gasteiger partial charge in [0.05, 0.1) is 23.6 Å². The highest BCUT2D eigenvalue weighted by atomic mass is 19.4. The van der Waals surface area contributed by atoms with E-state index < -0.39 is 58.1 Å². The molecule has 4 rings (SSSR count). The van der Waals surface area contributed by atoms with Crippen LogP contribution in [0.5, 0.6) is 5.75 Å². The van der Waals surface area contributed by atoms with Crippen molar-refractivity contribution in [2.45, 2.75) is 57.1 Å². The first-order chi connectivity index (χ1) is 18.0. The van der Waals surface area contributed by atoms with Gasteiger partial charge in [0, 0.05) is 48.9 Å². The van der Waals surface area contributed by atoms with Gasteiger partial charge in [0.2, 0.25) is 5.82 Å². The molecule has 2 N–H and O–H groups in total. The summed E-state index contributed by atoms with van der Waals surface area (Å²) in [5.41, 5.74) is -4.05. The summed E-state index contributed by atoms with van der Waals surface area (Å²) >= 11 is 0. The molecule has 1 aliphatic heterocycles. The Morgan fingerprint density at radius 3 is 2.49 bits per heavy atom. The van der Waals surface area contributed by atoms with E-state index in [-0.39, 0.29) is 34.5 Å². The van der Waals surface area contributed by atoms with Gasteiger partial charge in [-0.3, -0.25) is 4.79 Å². The molecular formula is C27H30F5N3O4. The molecule has 1 aliphatic rings. The SMILES string of the molecule is COc1c([C@H]2[C@H](c3cc(=O)c4c(N(C)CC(C)(C)O)nccc4[nH]3)O[C@@](C)(C(F)(F)F)[C@H]2C)ccc(F)c1F. The second kappa shape index (κ2) is 9.74. The smallest absolute Gasteiger partial charge is 0.417 e. The van der Waals surface area contributed by atoms with Gasteiger partial charge < -0.3 is 24.5 Å². The van der Waals surface area contributed by atoms with E-state index >= 15 is 0 Å². The van der Waals surface area contributed by atoms with Gasteiger partial charge in [-0.15, -0.1) is 0 Å². The predicted octanol–water partition coefficient (Wildman–Crippen LogP) is 5.23. The minimum atomic E-state index is -4.82. The van der Waals surface area contributed by atoms with Crippen LogP contribution in [0.25, 0.3) is 10.9 Å². The number of anilines is 1. The van der Waals surface area contributed by atoms with E-state index in [4.69, 9.17) is 9.47 Å². The lowest BCUT2D eigenvalue weighted by molar-refractivity contribution is -0.275. The predicted molar refractivity (Wildman–Crippen MR) is 135 cm³/mol. The first-order valence-corrected chi connectivity index (χ1v) is 12.2. The fourth-order valence-corrected chi connectivity index (χ4v) is 5.38. The number of nitrogens with one attached hydrogen (secondary N) is 1. The topological polar surface area (TPSA) is 87.7 Å². The van der Waals surface area contributed by atoms with E-state index in [2.05, 4.69) is 9.97 Å². The molecule has 1 saturated heterocycles. The number of ether oxygens (including phenoxy) is 2. The number of pyridine rings is 2. The van der Waals surface area contributed by atoms with Crippen molar-refractivity contribution in [2.24, 2.45) is 5.92 Å². The Labute approximate surface area is 221 Å². The molecule has 0 bridgehead atoms. The first-order valence-electron chi connectivity index (χ1n) is 12.2. The van der Waals surface area contributed by atoms with Crippen molar-refractivity contribution in [3.63, 3.8) is 0 Å². The zero-order valence-corrected chi connectivity index (χ0v) is 22.3. The number of aromatic nitrogens is 2. The van der Waals surface area contributed by atoms with Crippen LogP contribution < -0.4 is 15.1 Å². The van der Waals surface area contributed by atoms with Crippen molar-refractivity contribution in [2.75, 3.05) is 25.6 Å². The van der Waals surface area contributed by atoms with E-state index in [1.54, 1.807) is 25.8 Å². The second-order valence-electron chi connectivity index (χ2n) is 10.8. The molecule has 3 heterocycles. The van der Waals surface area contributed by atoms with Crippen LogP contribution in [0.2, 0.25) is 0 Å². The molecule has 0 radical (unpaired) electrons. The average Bonchev–Trinajstić information content (AvgIpc) is 3.11. The Morgan fingerprint density at radius 1 is 1.23 bits per heavy atom. The summed E-state index contributed by atoms with van der Waals surface area (Å²) in [4.78, 5) is 22.3. The Hall–Kier alpha value is -3.25. The number of alkyl halides is 3. The van der Waals surface area contributed by atoms with Crippen LogP contribution in [0.15, 0.2) is 35.3 Å². The molecule has 0 saturated carbocycles. The minimum absolute atomic E-state index is 0.0198. The number of likely N-dealkylation sites (N-methyl/N-ethyl adjacent to an activating group) is 1. The number of rotatable bonds is 6. The van der Waals surface area contributed by atoms with Crippen LogP contribution >= 0.6 is 0 Å². The zero-order chi connectivity index (χ0) is 29.1. The number of H-pyrrole nitrogens is 1. The lowest BCUT2D eigenvalue weighted by Gasteiger charge is -2.32. The van der Waals surface area contributed by atoms with E-state index in [1.807, 2.05) is 0 Å². The molecule has 0 spiro atoms. The third kappa shape index (κ3) is 4.95. The van der Waals surface area contributed by atoms with E-state index in [0.717, 1.165) is 26.2 Å². The fourth-order valence-electron chi connectivity index (χ4n) is 5.38. The third-order valence-electron chi connectivity index (χ3n) is 7.35. The second-order valence-corrected chi connectivity index (χ2v) is 10.8. The number of hydrogen-bond donors (Lipinski definition) is 2. The Kier molecular flexibility index (Phi) is 7.18. The molecule has 0 amide bonds. The lowest BCUT2D eigenvalue weighted by atomic mass is 9.76. The number of hydrogen-bond acceptors (Lipinski definition) is 6. The van der Waals surface area contributed by atoms with Gasteiger partial charge in [-0.1, -0.05) is 13.0 Å². The third-order valence-corrected chi connectivity index (χ3v) is 7.35. The molecule has 1 aromatic carbocycles. The van der Waals surface area contributed by atoms with E-state index in [1.165, 1.54) is 25.3 Å². The maximum Gasteiger partial charge on any atom is 0.417 e. The summed E-state index contributed by atoms with van der Waals surface area (Å²) in [5.74, 6) is -5.28. The van der Waals surface area contributed by atoms with Gasteiger partial charge in [0.25, 0.3) is 0 Å². The molecule has 3 aromatic rings. The molecule has 12 heteroatoms. The van der Waals surface area contributed by atoms with Crippen LogP contribution in [0.1, 0.15) is 51.0 Å². The zero-order valence-electron chi connectivity index (χ0n) is 22.3. The highest BCUT2D eigenvalue weighted by Crippen LogP contribution is 2.59.